The van der Waals surface area contributed by atoms with Gasteiger partial charge in [0.2, 0.25) is 0 Å². The summed E-state index contributed by atoms with van der Waals surface area (Å²) in [6, 6.07) is 4.20. The summed E-state index contributed by atoms with van der Waals surface area (Å²) in [7, 11) is 0. The minimum Gasteiger partial charge on any atom is -0.480 e. The van der Waals surface area contributed by atoms with Gasteiger partial charge < -0.3 is 10.4 Å². The van der Waals surface area contributed by atoms with E-state index in [0.717, 1.165) is 12.8 Å². The second kappa shape index (κ2) is 6.13. The smallest absolute Gasteiger partial charge is 0.329 e. The molecule has 0 spiro atoms. The molecule has 0 atom stereocenters. The Bertz CT molecular complexity index is 548. The van der Waals surface area contributed by atoms with Crippen molar-refractivity contribution >= 4 is 27.8 Å². The third kappa shape index (κ3) is 3.26. The Morgan fingerprint density at radius 1 is 1.38 bits per heavy atom. The number of hydrogen-bond acceptors (Lipinski definition) is 2. The second-order valence-electron chi connectivity index (χ2n) is 5.62. The Morgan fingerprint density at radius 2 is 2.00 bits per heavy atom. The molecule has 0 aliphatic heterocycles. The van der Waals surface area contributed by atoms with Gasteiger partial charge in [0.25, 0.3) is 5.91 Å². The number of carboxylic acids is 1. The van der Waals surface area contributed by atoms with Gasteiger partial charge in [0, 0.05) is 4.47 Å². The van der Waals surface area contributed by atoms with Crippen LogP contribution in [0.2, 0.25) is 0 Å². The van der Waals surface area contributed by atoms with Crippen molar-refractivity contribution in [2.75, 3.05) is 0 Å². The van der Waals surface area contributed by atoms with Gasteiger partial charge in [-0.15, -0.1) is 0 Å². The summed E-state index contributed by atoms with van der Waals surface area (Å²) in [6.07, 6.45) is 2.18. The number of benzene rings is 1. The highest BCUT2D eigenvalue weighted by atomic mass is 79.9. The lowest BCUT2D eigenvalue weighted by Crippen LogP contribution is -2.56. The van der Waals surface area contributed by atoms with Crippen molar-refractivity contribution in [2.45, 2.75) is 38.1 Å². The zero-order valence-corrected chi connectivity index (χ0v) is 13.2. The van der Waals surface area contributed by atoms with Crippen molar-refractivity contribution in [1.29, 1.82) is 0 Å². The maximum absolute atomic E-state index is 13.8. The van der Waals surface area contributed by atoms with Crippen LogP contribution in [0.15, 0.2) is 22.7 Å². The van der Waals surface area contributed by atoms with E-state index in [9.17, 15) is 19.1 Å². The van der Waals surface area contributed by atoms with Crippen LogP contribution in [-0.2, 0) is 4.79 Å². The largest absolute Gasteiger partial charge is 0.480 e. The zero-order chi connectivity index (χ0) is 15.6. The first-order chi connectivity index (χ1) is 9.85. The van der Waals surface area contributed by atoms with Crippen LogP contribution in [0, 0.1) is 11.7 Å². The van der Waals surface area contributed by atoms with Crippen molar-refractivity contribution in [1.82, 2.24) is 5.32 Å². The van der Waals surface area contributed by atoms with Crippen molar-refractivity contribution in [3.05, 3.63) is 34.1 Å². The molecule has 0 unspecified atom stereocenters. The van der Waals surface area contributed by atoms with Gasteiger partial charge in [0.1, 0.15) is 11.4 Å². The standard InChI is InChI=1S/C15H17BrFNO3/c1-9-5-7-15(8-6-9,14(20)21)18-13(19)12-10(16)3-2-4-11(12)17/h2-4,9H,5-8H2,1H3,(H,18,19)(H,20,21). The fourth-order valence-corrected chi connectivity index (χ4v) is 3.16. The summed E-state index contributed by atoms with van der Waals surface area (Å²) in [5.74, 6) is -1.99. The van der Waals surface area contributed by atoms with E-state index in [-0.39, 0.29) is 5.56 Å². The third-order valence-electron chi connectivity index (χ3n) is 4.08. The van der Waals surface area contributed by atoms with Gasteiger partial charge in [-0.1, -0.05) is 13.0 Å². The average molecular weight is 358 g/mol. The molecule has 1 fully saturated rings. The minimum absolute atomic E-state index is 0.156. The molecule has 21 heavy (non-hydrogen) atoms. The van der Waals surface area contributed by atoms with Crippen molar-refractivity contribution in [3.8, 4) is 0 Å². The van der Waals surface area contributed by atoms with E-state index >= 15 is 0 Å². The zero-order valence-electron chi connectivity index (χ0n) is 11.7. The number of carbonyl (C=O) groups is 2. The highest BCUT2D eigenvalue weighted by molar-refractivity contribution is 9.10. The maximum Gasteiger partial charge on any atom is 0.329 e. The van der Waals surface area contributed by atoms with Gasteiger partial charge in [-0.2, -0.15) is 0 Å². The molecule has 4 nitrogen and oxygen atoms in total. The SMILES string of the molecule is CC1CCC(NC(=O)c2c(F)cccc2Br)(C(=O)O)CC1. The lowest BCUT2D eigenvalue weighted by molar-refractivity contribution is -0.146. The van der Waals surface area contributed by atoms with Gasteiger partial charge >= 0.3 is 5.97 Å². The van der Waals surface area contributed by atoms with Crippen LogP contribution in [0.4, 0.5) is 4.39 Å². The minimum atomic E-state index is -1.30. The molecule has 1 aliphatic carbocycles. The summed E-state index contributed by atoms with van der Waals surface area (Å²) >= 11 is 3.13. The van der Waals surface area contributed by atoms with E-state index in [2.05, 4.69) is 28.2 Å². The van der Waals surface area contributed by atoms with E-state index in [4.69, 9.17) is 0 Å². The molecule has 0 radical (unpaired) electrons. The van der Waals surface area contributed by atoms with E-state index in [1.165, 1.54) is 12.1 Å². The molecule has 2 rings (SSSR count). The summed E-state index contributed by atoms with van der Waals surface area (Å²) in [5.41, 5.74) is -1.46. The van der Waals surface area contributed by atoms with Crippen molar-refractivity contribution in [2.24, 2.45) is 5.92 Å². The first-order valence-corrected chi connectivity index (χ1v) is 7.65. The maximum atomic E-state index is 13.8. The summed E-state index contributed by atoms with van der Waals surface area (Å²) in [4.78, 5) is 23.9. The van der Waals surface area contributed by atoms with Crippen LogP contribution in [-0.4, -0.2) is 22.5 Å². The van der Waals surface area contributed by atoms with E-state index in [1.807, 2.05) is 0 Å². The van der Waals surface area contributed by atoms with Gasteiger partial charge in [-0.05, 0) is 59.7 Å². The van der Waals surface area contributed by atoms with Crippen LogP contribution >= 0.6 is 15.9 Å². The Morgan fingerprint density at radius 3 is 2.52 bits per heavy atom. The predicted octanol–water partition coefficient (Wildman–Crippen LogP) is 3.35. The number of aliphatic carboxylic acids is 1. The lowest BCUT2D eigenvalue weighted by Gasteiger charge is -2.36. The molecule has 1 aliphatic rings. The quantitative estimate of drug-likeness (QED) is 0.871. The van der Waals surface area contributed by atoms with E-state index in [0.29, 0.717) is 23.2 Å². The molecular formula is C15H17BrFNO3. The molecule has 1 aromatic carbocycles. The fraction of sp³-hybridized carbons (Fsp3) is 0.467. The second-order valence-corrected chi connectivity index (χ2v) is 6.47. The first kappa shape index (κ1) is 15.9. The van der Waals surface area contributed by atoms with Crippen molar-refractivity contribution < 1.29 is 19.1 Å². The molecular weight excluding hydrogens is 341 g/mol. The average Bonchev–Trinajstić information content (AvgIpc) is 2.41. The number of hydrogen-bond donors (Lipinski definition) is 2. The summed E-state index contributed by atoms with van der Waals surface area (Å²) < 4.78 is 14.1. The third-order valence-corrected chi connectivity index (χ3v) is 4.74. The molecule has 0 saturated heterocycles. The summed E-state index contributed by atoms with van der Waals surface area (Å²) in [6.45, 7) is 2.06. The van der Waals surface area contributed by atoms with Gasteiger partial charge in [-0.3, -0.25) is 4.79 Å². The van der Waals surface area contributed by atoms with E-state index < -0.39 is 23.2 Å². The first-order valence-electron chi connectivity index (χ1n) is 6.85. The molecule has 6 heteroatoms. The molecule has 0 heterocycles. The van der Waals surface area contributed by atoms with Crippen LogP contribution in [0.3, 0.4) is 0 Å². The predicted molar refractivity (Wildman–Crippen MR) is 79.6 cm³/mol. The van der Waals surface area contributed by atoms with Crippen molar-refractivity contribution in [3.63, 3.8) is 0 Å². The normalized spacial score (nSPS) is 25.4. The number of nitrogens with one attached hydrogen (secondary N) is 1. The topological polar surface area (TPSA) is 66.4 Å². The highest BCUT2D eigenvalue weighted by Gasteiger charge is 2.43. The number of amides is 1. The molecule has 2 N–H and O–H groups in total. The number of carboxylic acid groups (broad SMARTS) is 1. The van der Waals surface area contributed by atoms with Crippen LogP contribution in [0.1, 0.15) is 43.0 Å². The Balaban J connectivity index is 2.26. The van der Waals surface area contributed by atoms with Gasteiger partial charge in [0.15, 0.2) is 0 Å². The van der Waals surface area contributed by atoms with Gasteiger partial charge in [0.05, 0.1) is 5.56 Å². The van der Waals surface area contributed by atoms with Crippen LogP contribution < -0.4 is 5.32 Å². The fourth-order valence-electron chi connectivity index (χ4n) is 2.64. The summed E-state index contributed by atoms with van der Waals surface area (Å²) in [5, 5.41) is 12.0. The number of rotatable bonds is 3. The molecule has 1 amide bonds. The van der Waals surface area contributed by atoms with E-state index in [1.54, 1.807) is 6.07 Å². The molecule has 1 aromatic rings. The molecule has 1 saturated carbocycles. The monoisotopic (exact) mass is 357 g/mol. The molecule has 0 aromatic heterocycles. The Kier molecular flexibility index (Phi) is 4.66. The highest BCUT2D eigenvalue weighted by Crippen LogP contribution is 2.33. The van der Waals surface area contributed by atoms with Crippen LogP contribution in [0.25, 0.3) is 0 Å². The number of halogens is 2. The Labute approximate surface area is 130 Å². The number of carbonyl (C=O) groups excluding carboxylic acids is 1. The van der Waals surface area contributed by atoms with Crippen LogP contribution in [0.5, 0.6) is 0 Å². The lowest BCUT2D eigenvalue weighted by atomic mass is 9.77. The molecule has 114 valence electrons. The Hall–Kier alpha value is -1.43. The molecule has 0 bridgehead atoms. The van der Waals surface area contributed by atoms with Gasteiger partial charge in [-0.25, -0.2) is 9.18 Å².